The summed E-state index contributed by atoms with van der Waals surface area (Å²) < 4.78 is 10.8. The van der Waals surface area contributed by atoms with Crippen LogP contribution in [0.25, 0.3) is 10.9 Å². The molecule has 0 amide bonds. The Labute approximate surface area is 100 Å². The van der Waals surface area contributed by atoms with Gasteiger partial charge in [-0.3, -0.25) is 0 Å². The average molecular weight is 232 g/mol. The van der Waals surface area contributed by atoms with Gasteiger partial charge in [0.15, 0.2) is 0 Å². The van der Waals surface area contributed by atoms with Crippen LogP contribution >= 0.6 is 0 Å². The second kappa shape index (κ2) is 5.50. The van der Waals surface area contributed by atoms with Crippen LogP contribution in [0.3, 0.4) is 0 Å². The lowest BCUT2D eigenvalue weighted by molar-refractivity contribution is 0.110. The van der Waals surface area contributed by atoms with E-state index < -0.39 is 0 Å². The van der Waals surface area contributed by atoms with Crippen LogP contribution in [0.4, 0.5) is 5.82 Å². The average Bonchev–Trinajstić information content (AvgIpc) is 2.34. The van der Waals surface area contributed by atoms with Gasteiger partial charge in [-0.2, -0.15) is 0 Å². The molecule has 1 aromatic heterocycles. The quantitative estimate of drug-likeness (QED) is 0.803. The highest BCUT2D eigenvalue weighted by Crippen LogP contribution is 2.20. The van der Waals surface area contributed by atoms with Gasteiger partial charge in [-0.25, -0.2) is 4.98 Å². The molecule has 0 saturated heterocycles. The topological polar surface area (TPSA) is 57.4 Å². The molecule has 0 aliphatic rings. The Hall–Kier alpha value is -1.81. The summed E-state index contributed by atoms with van der Waals surface area (Å²) in [5, 5.41) is 1.05. The number of aromatic nitrogens is 1. The number of nitrogens with two attached hydrogens (primary N) is 1. The number of benzene rings is 1. The maximum atomic E-state index is 5.64. The zero-order valence-corrected chi connectivity index (χ0v) is 9.85. The summed E-state index contributed by atoms with van der Waals surface area (Å²) in [5.74, 6) is 1.30. The molecule has 1 heterocycles. The summed E-state index contributed by atoms with van der Waals surface area (Å²) in [7, 11) is 0. The Bertz CT molecular complexity index is 500. The molecule has 0 aliphatic heterocycles. The first-order valence-electron chi connectivity index (χ1n) is 5.66. The van der Waals surface area contributed by atoms with Crippen LogP contribution in [-0.4, -0.2) is 24.8 Å². The number of pyridine rings is 1. The molecule has 0 radical (unpaired) electrons. The lowest BCUT2D eigenvalue weighted by Gasteiger charge is -2.07. The largest absolute Gasteiger partial charge is 0.491 e. The molecule has 0 aliphatic carbocycles. The number of rotatable bonds is 5. The van der Waals surface area contributed by atoms with Crippen molar-refractivity contribution in [3.63, 3.8) is 0 Å². The number of hydrogen-bond donors (Lipinski definition) is 1. The maximum Gasteiger partial charge on any atom is 0.124 e. The van der Waals surface area contributed by atoms with Crippen LogP contribution in [0.1, 0.15) is 6.92 Å². The Morgan fingerprint density at radius 3 is 2.82 bits per heavy atom. The lowest BCUT2D eigenvalue weighted by atomic mass is 10.2. The highest BCUT2D eigenvalue weighted by molar-refractivity contribution is 5.81. The molecular weight excluding hydrogens is 216 g/mol. The van der Waals surface area contributed by atoms with E-state index in [-0.39, 0.29) is 0 Å². The van der Waals surface area contributed by atoms with Crippen molar-refractivity contribution in [1.29, 1.82) is 0 Å². The third-order valence-electron chi connectivity index (χ3n) is 2.39. The van der Waals surface area contributed by atoms with Gasteiger partial charge < -0.3 is 15.2 Å². The summed E-state index contributed by atoms with van der Waals surface area (Å²) in [6.07, 6.45) is 0. The van der Waals surface area contributed by atoms with Crippen LogP contribution < -0.4 is 10.5 Å². The van der Waals surface area contributed by atoms with Crippen molar-refractivity contribution in [2.45, 2.75) is 6.92 Å². The zero-order valence-electron chi connectivity index (χ0n) is 9.85. The predicted molar refractivity (Wildman–Crippen MR) is 68.1 cm³/mol. The monoisotopic (exact) mass is 232 g/mol. The fraction of sp³-hybridized carbons (Fsp3) is 0.308. The van der Waals surface area contributed by atoms with Gasteiger partial charge in [-0.15, -0.1) is 0 Å². The van der Waals surface area contributed by atoms with Gasteiger partial charge in [-0.1, -0.05) is 0 Å². The number of anilines is 1. The number of hydrogen-bond acceptors (Lipinski definition) is 4. The minimum absolute atomic E-state index is 0.518. The molecule has 0 atom stereocenters. The van der Waals surface area contributed by atoms with E-state index in [9.17, 15) is 0 Å². The molecule has 0 saturated carbocycles. The van der Waals surface area contributed by atoms with Crippen molar-refractivity contribution in [3.05, 3.63) is 30.3 Å². The van der Waals surface area contributed by atoms with E-state index >= 15 is 0 Å². The SMILES string of the molecule is CCOCCOc1ccc2ccc(N)nc2c1. The molecule has 4 heteroatoms. The van der Waals surface area contributed by atoms with E-state index in [1.54, 1.807) is 6.07 Å². The molecule has 2 N–H and O–H groups in total. The van der Waals surface area contributed by atoms with E-state index in [0.717, 1.165) is 16.7 Å². The van der Waals surface area contributed by atoms with Crippen molar-refractivity contribution in [2.75, 3.05) is 25.6 Å². The van der Waals surface area contributed by atoms with Gasteiger partial charge in [-0.05, 0) is 31.2 Å². The number of fused-ring (bicyclic) bond motifs is 1. The summed E-state index contributed by atoms with van der Waals surface area (Å²) in [5.41, 5.74) is 6.49. The first-order valence-corrected chi connectivity index (χ1v) is 5.66. The Balaban J connectivity index is 2.08. The Kier molecular flexibility index (Phi) is 3.77. The summed E-state index contributed by atoms with van der Waals surface area (Å²) >= 11 is 0. The summed E-state index contributed by atoms with van der Waals surface area (Å²) in [4.78, 5) is 4.25. The van der Waals surface area contributed by atoms with Crippen molar-refractivity contribution >= 4 is 16.7 Å². The van der Waals surface area contributed by atoms with Crippen molar-refractivity contribution in [1.82, 2.24) is 4.98 Å². The summed E-state index contributed by atoms with van der Waals surface area (Å²) in [6, 6.07) is 9.52. The smallest absolute Gasteiger partial charge is 0.124 e. The molecule has 2 rings (SSSR count). The van der Waals surface area contributed by atoms with E-state index in [1.807, 2.05) is 31.2 Å². The van der Waals surface area contributed by atoms with Gasteiger partial charge in [0.1, 0.15) is 18.2 Å². The molecule has 0 fully saturated rings. The normalized spacial score (nSPS) is 10.6. The van der Waals surface area contributed by atoms with E-state index in [2.05, 4.69) is 4.98 Å². The molecule has 0 bridgehead atoms. The first-order chi connectivity index (χ1) is 8.29. The van der Waals surface area contributed by atoms with Crippen LogP contribution in [0.2, 0.25) is 0 Å². The van der Waals surface area contributed by atoms with Crippen LogP contribution in [0, 0.1) is 0 Å². The van der Waals surface area contributed by atoms with Crippen LogP contribution in [-0.2, 0) is 4.74 Å². The Morgan fingerprint density at radius 1 is 1.18 bits per heavy atom. The minimum Gasteiger partial charge on any atom is -0.491 e. The van der Waals surface area contributed by atoms with E-state index in [4.69, 9.17) is 15.2 Å². The first kappa shape index (κ1) is 11.7. The molecular formula is C13H16N2O2. The standard InChI is InChI=1S/C13H16N2O2/c1-2-16-7-8-17-11-5-3-10-4-6-13(14)15-12(10)9-11/h3-6,9H,2,7-8H2,1H3,(H2,14,15). The fourth-order valence-corrected chi connectivity index (χ4v) is 1.57. The predicted octanol–water partition coefficient (Wildman–Crippen LogP) is 2.23. The maximum absolute atomic E-state index is 5.64. The molecule has 2 aromatic rings. The van der Waals surface area contributed by atoms with Crippen molar-refractivity contribution in [3.8, 4) is 5.75 Å². The third kappa shape index (κ3) is 3.07. The van der Waals surface area contributed by atoms with Crippen LogP contribution in [0.15, 0.2) is 30.3 Å². The summed E-state index contributed by atoms with van der Waals surface area (Å²) in [6.45, 7) is 3.81. The van der Waals surface area contributed by atoms with Crippen molar-refractivity contribution < 1.29 is 9.47 Å². The molecule has 0 unspecified atom stereocenters. The Morgan fingerprint density at radius 2 is 2.00 bits per heavy atom. The highest BCUT2D eigenvalue weighted by Gasteiger charge is 1.99. The lowest BCUT2D eigenvalue weighted by Crippen LogP contribution is -2.06. The molecule has 17 heavy (non-hydrogen) atoms. The van der Waals surface area contributed by atoms with E-state index in [1.165, 1.54) is 0 Å². The van der Waals surface area contributed by atoms with Gasteiger partial charge in [0.2, 0.25) is 0 Å². The second-order valence-electron chi connectivity index (χ2n) is 3.64. The zero-order chi connectivity index (χ0) is 12.1. The van der Waals surface area contributed by atoms with Crippen LogP contribution in [0.5, 0.6) is 5.75 Å². The fourth-order valence-electron chi connectivity index (χ4n) is 1.57. The molecule has 4 nitrogen and oxygen atoms in total. The van der Waals surface area contributed by atoms with Gasteiger partial charge in [0, 0.05) is 18.1 Å². The molecule has 1 aromatic carbocycles. The van der Waals surface area contributed by atoms with Gasteiger partial charge >= 0.3 is 0 Å². The second-order valence-corrected chi connectivity index (χ2v) is 3.64. The third-order valence-corrected chi connectivity index (χ3v) is 2.39. The molecule has 90 valence electrons. The number of nitrogens with zero attached hydrogens (tertiary/aromatic N) is 1. The van der Waals surface area contributed by atoms with E-state index in [0.29, 0.717) is 25.6 Å². The minimum atomic E-state index is 0.518. The highest BCUT2D eigenvalue weighted by atomic mass is 16.5. The molecule has 0 spiro atoms. The number of ether oxygens (including phenoxy) is 2. The van der Waals surface area contributed by atoms with Gasteiger partial charge in [0.25, 0.3) is 0 Å². The van der Waals surface area contributed by atoms with Gasteiger partial charge in [0.05, 0.1) is 12.1 Å². The number of nitrogen functional groups attached to an aromatic ring is 1. The van der Waals surface area contributed by atoms with Crippen molar-refractivity contribution in [2.24, 2.45) is 0 Å².